The summed E-state index contributed by atoms with van der Waals surface area (Å²) in [6, 6.07) is 9.27. The average molecular weight is 1390 g/mol. The number of fused-ring (bicyclic) bond motifs is 11. The Labute approximate surface area is 564 Å². The van der Waals surface area contributed by atoms with Crippen molar-refractivity contribution in [2.75, 3.05) is 72.6 Å². The van der Waals surface area contributed by atoms with Crippen LogP contribution in [0.1, 0.15) is 112 Å². The van der Waals surface area contributed by atoms with E-state index in [0.717, 1.165) is 11.3 Å². The summed E-state index contributed by atoms with van der Waals surface area (Å²) in [5.74, 6) is -3.62. The number of carbonyl (C=O) groups excluding carboxylic acids is 8. The molecule has 7 aromatic rings. The number of aliphatic hydroxyl groups is 1. The fraction of sp³-hybridized carbons (Fsp3) is 0.403. The van der Waals surface area contributed by atoms with E-state index < -0.39 is 60.3 Å². The number of benzene rings is 1. The number of ether oxygens (including phenoxy) is 3. The minimum atomic E-state index is -1.29. The lowest BCUT2D eigenvalue weighted by Gasteiger charge is -2.34. The molecule has 94 heavy (non-hydrogen) atoms. The van der Waals surface area contributed by atoms with Crippen molar-refractivity contribution in [1.29, 1.82) is 0 Å². The summed E-state index contributed by atoms with van der Waals surface area (Å²) in [7, 11) is 5.63. The van der Waals surface area contributed by atoms with E-state index in [2.05, 4.69) is 26.6 Å². The zero-order valence-electron chi connectivity index (χ0n) is 52.2. The van der Waals surface area contributed by atoms with Gasteiger partial charge >= 0.3 is 18.0 Å². The summed E-state index contributed by atoms with van der Waals surface area (Å²) < 4.78 is 15.4. The molecule has 11 rings (SSSR count). The predicted molar refractivity (Wildman–Crippen MR) is 360 cm³/mol. The molecule has 4 aliphatic heterocycles. The number of hydrogen-bond acceptors (Lipinski definition) is 25. The molecule has 1 fully saturated rings. The Morgan fingerprint density at radius 2 is 1.47 bits per heavy atom. The van der Waals surface area contributed by atoms with E-state index in [1.165, 1.54) is 85.5 Å². The highest BCUT2D eigenvalue weighted by atomic mass is 32.2. The Morgan fingerprint density at radius 3 is 2.20 bits per heavy atom. The summed E-state index contributed by atoms with van der Waals surface area (Å²) in [4.78, 5) is 148. The highest BCUT2D eigenvalue weighted by molar-refractivity contribution is 8.17. The highest BCUT2D eigenvalue weighted by Gasteiger charge is 2.36. The van der Waals surface area contributed by atoms with Gasteiger partial charge in [0.2, 0.25) is 17.7 Å². The first-order chi connectivity index (χ1) is 45.3. The number of piperidine rings is 1. The van der Waals surface area contributed by atoms with Gasteiger partial charge in [0.15, 0.2) is 0 Å². The number of hydrogen-bond donors (Lipinski definition) is 6. The SMILES string of the molecule is CNC(=O)C[C@@H]1NC(=O)c2csc(n2)-c2ccc(-c3nc(N(CCCCC(=O)OC)C(=O)N4CCC(C(=O)OC)CC4)cs3)nc2-c2csc(n2)-c2csc(n2)[C@H]([C@@H](O)c2ccccc2)NC(=O)CNC(=O)C2=C(COC)SC(=NC2)[C@H](C(C)C)NC(=O)c2nc1sc2C. The van der Waals surface area contributed by atoms with Crippen molar-refractivity contribution in [3.05, 3.63) is 106 Å². The molecule has 0 spiro atoms. The predicted octanol–water partition coefficient (Wildman–Crippen LogP) is 7.92. The molecule has 6 aromatic heterocycles. The Balaban J connectivity index is 1.03. The van der Waals surface area contributed by atoms with Gasteiger partial charge in [-0.25, -0.2) is 34.7 Å². The number of rotatable bonds is 15. The lowest BCUT2D eigenvalue weighted by molar-refractivity contribution is -0.147. The van der Waals surface area contributed by atoms with Gasteiger partial charge in [0.05, 0.1) is 74.6 Å². The second kappa shape index (κ2) is 31.3. The summed E-state index contributed by atoms with van der Waals surface area (Å²) in [5.41, 5.74) is 2.89. The van der Waals surface area contributed by atoms with Crippen molar-refractivity contribution < 1.29 is 57.7 Å². The third-order valence-corrected chi connectivity index (χ3v) is 21.4. The fourth-order valence-electron chi connectivity index (χ4n) is 10.5. The van der Waals surface area contributed by atoms with Crippen molar-refractivity contribution in [2.24, 2.45) is 16.8 Å². The molecule has 0 saturated carbocycles. The van der Waals surface area contributed by atoms with Gasteiger partial charge in [0.1, 0.15) is 71.5 Å². The number of amides is 7. The average Bonchev–Trinajstić information content (AvgIpc) is 1.69. The maximum absolute atomic E-state index is 14.5. The number of methoxy groups -OCH3 is 3. The molecule has 7 amide bonds. The zero-order valence-corrected chi connectivity index (χ0v) is 57.1. The van der Waals surface area contributed by atoms with Crippen LogP contribution in [-0.2, 0) is 38.2 Å². The number of pyridine rings is 1. The Kier molecular flexibility index (Phi) is 22.9. The van der Waals surface area contributed by atoms with E-state index in [1.54, 1.807) is 80.7 Å². The number of aliphatic imine (C=N–C) groups is 1. The quantitative estimate of drug-likeness (QED) is 0.0419. The molecule has 4 atom stereocenters. The number of thioether (sulfide) groups is 1. The molecule has 0 unspecified atom stereocenters. The second-order valence-electron chi connectivity index (χ2n) is 22.2. The molecule has 1 aromatic carbocycles. The van der Waals surface area contributed by atoms with E-state index in [4.69, 9.17) is 49.1 Å². The summed E-state index contributed by atoms with van der Waals surface area (Å²) in [5, 5.41) is 35.6. The van der Waals surface area contributed by atoms with Gasteiger partial charge in [-0.05, 0) is 56.2 Å². The standard InChI is InChI=1S/C62H68N14O12S6/c1-31(2)47-59-65-24-36(42(94-59)26-86-5)52(81)64-25-45(78)72-50(51(80)33-13-9-8-10-14-33)60-70-41(29-91-60)57-68-39(27-90-57)49-35(55-69-40(28-89-55)53(82)67-38(23-44(77)63-4)58-74-48(32(3)93-58)54(83)73-47)16-17-37(66-49)56-71-43(30-92-56)76(20-12-11-15-46(79)87-6)62(85)75-21-18-34(19-22-75)61(84)88-7/h8-10,13-14,16-17,27-31,34,38,47,50-51,80H,11-12,15,18-26H2,1-7H3,(H,63,77)(H,64,81)(H,67,82)(H,72,78)(H,73,83)/t38-,47-,50-,51-/m0/s1. The van der Waals surface area contributed by atoms with Gasteiger partial charge in [0.25, 0.3) is 11.8 Å². The molecule has 494 valence electrons. The van der Waals surface area contributed by atoms with Crippen molar-refractivity contribution in [3.8, 4) is 43.4 Å². The maximum atomic E-state index is 14.5. The van der Waals surface area contributed by atoms with Gasteiger partial charge in [-0.3, -0.25) is 43.5 Å². The fourth-order valence-corrected chi connectivity index (χ4v) is 16.1. The van der Waals surface area contributed by atoms with Crippen LogP contribution in [-0.4, -0.2) is 166 Å². The molecule has 6 N–H and O–H groups in total. The molecule has 0 radical (unpaired) electrons. The number of anilines is 1. The molecule has 10 bridgehead atoms. The maximum Gasteiger partial charge on any atom is 0.325 e. The molecular formula is C62H68N14O12S6. The number of nitrogens with zero attached hydrogens (tertiary/aromatic N) is 9. The minimum Gasteiger partial charge on any atom is -0.469 e. The first-order valence-electron chi connectivity index (χ1n) is 29.9. The summed E-state index contributed by atoms with van der Waals surface area (Å²) >= 11 is 7.20. The Morgan fingerprint density at radius 1 is 0.745 bits per heavy atom. The van der Waals surface area contributed by atoms with Crippen molar-refractivity contribution in [1.82, 2.24) is 61.4 Å². The van der Waals surface area contributed by atoms with E-state index in [0.29, 0.717) is 118 Å². The van der Waals surface area contributed by atoms with E-state index in [9.17, 15) is 43.5 Å². The molecule has 4 aliphatic rings. The van der Waals surface area contributed by atoms with Crippen LogP contribution in [0.5, 0.6) is 0 Å². The van der Waals surface area contributed by atoms with Crippen LogP contribution in [0.3, 0.4) is 0 Å². The van der Waals surface area contributed by atoms with Crippen LogP contribution in [0.2, 0.25) is 0 Å². The topological polar surface area (TPSA) is 341 Å². The van der Waals surface area contributed by atoms with Gasteiger partial charge in [-0.2, -0.15) is 0 Å². The van der Waals surface area contributed by atoms with Crippen LogP contribution < -0.4 is 31.5 Å². The molecule has 26 nitrogen and oxygen atoms in total. The van der Waals surface area contributed by atoms with E-state index in [-0.39, 0.29) is 79.3 Å². The van der Waals surface area contributed by atoms with E-state index >= 15 is 0 Å². The number of aliphatic hydroxyl groups excluding tert-OH is 1. The van der Waals surface area contributed by atoms with Gasteiger partial charge < -0.3 is 50.8 Å². The third-order valence-electron chi connectivity index (χ3n) is 15.6. The van der Waals surface area contributed by atoms with E-state index in [1.807, 2.05) is 13.8 Å². The first-order valence-corrected chi connectivity index (χ1v) is 35.1. The molecule has 32 heteroatoms. The number of esters is 2. The zero-order chi connectivity index (χ0) is 66.7. The second-order valence-corrected chi connectivity index (χ2v) is 28.0. The minimum absolute atomic E-state index is 0.0136. The van der Waals surface area contributed by atoms with Crippen LogP contribution >= 0.6 is 68.4 Å². The third kappa shape index (κ3) is 16.1. The number of aryl methyl sites for hydroxylation is 1. The number of urea groups is 1. The smallest absolute Gasteiger partial charge is 0.325 e. The number of thiazole rings is 5. The van der Waals surface area contributed by atoms with Gasteiger partial charge in [-0.1, -0.05) is 55.9 Å². The molecule has 10 heterocycles. The number of aromatic nitrogens is 6. The van der Waals surface area contributed by atoms with Crippen molar-refractivity contribution >= 4 is 127 Å². The molecular weight excluding hydrogens is 1330 g/mol. The lowest BCUT2D eigenvalue weighted by atomic mass is 9.97. The Bertz CT molecular complexity index is 4020. The number of unbranched alkanes of at least 4 members (excludes halogenated alkanes) is 1. The van der Waals surface area contributed by atoms with Crippen LogP contribution in [0.25, 0.3) is 43.4 Å². The number of carbonyl (C=O) groups is 8. The largest absolute Gasteiger partial charge is 0.469 e. The highest BCUT2D eigenvalue weighted by Crippen LogP contribution is 2.41. The summed E-state index contributed by atoms with van der Waals surface area (Å²) in [6.07, 6.45) is 0.413. The van der Waals surface area contributed by atoms with Crippen LogP contribution in [0.15, 0.2) is 79.5 Å². The monoisotopic (exact) mass is 1390 g/mol. The summed E-state index contributed by atoms with van der Waals surface area (Å²) in [6.45, 7) is 5.87. The lowest BCUT2D eigenvalue weighted by Crippen LogP contribution is -2.48. The van der Waals surface area contributed by atoms with Crippen LogP contribution in [0, 0.1) is 18.8 Å². The normalized spacial score (nSPS) is 17.9. The first kappa shape index (κ1) is 68.6. The van der Waals surface area contributed by atoms with Gasteiger partial charge in [0, 0.05) is 77.1 Å². The molecule has 1 saturated heterocycles. The number of nitrogens with one attached hydrogen (secondary N) is 5. The van der Waals surface area contributed by atoms with Crippen molar-refractivity contribution in [2.45, 2.75) is 83.5 Å². The number of likely N-dealkylation sites (tertiary alicyclic amines) is 1. The Hall–Kier alpha value is -8.24. The van der Waals surface area contributed by atoms with Gasteiger partial charge in [-0.15, -0.1) is 56.7 Å². The van der Waals surface area contributed by atoms with Crippen molar-refractivity contribution in [3.63, 3.8) is 0 Å². The molecule has 0 aliphatic carbocycles. The van der Waals surface area contributed by atoms with Crippen LogP contribution in [0.4, 0.5) is 10.6 Å².